The van der Waals surface area contributed by atoms with Crippen LogP contribution in [0, 0.1) is 6.92 Å². The van der Waals surface area contributed by atoms with Crippen molar-refractivity contribution >= 4 is 33.1 Å². The summed E-state index contributed by atoms with van der Waals surface area (Å²) in [6.07, 6.45) is 0. The Balaban J connectivity index is 1.55. The molecule has 0 unspecified atom stereocenters. The minimum Gasteiger partial charge on any atom is -0.496 e. The molecule has 5 heteroatoms. The highest BCUT2D eigenvalue weighted by Gasteiger charge is 2.12. The summed E-state index contributed by atoms with van der Waals surface area (Å²) in [4.78, 5) is 17.2. The van der Waals surface area contributed by atoms with Gasteiger partial charge in [-0.2, -0.15) is 0 Å². The van der Waals surface area contributed by atoms with Crippen molar-refractivity contribution in [1.82, 2.24) is 4.98 Å². The third-order valence-corrected chi connectivity index (χ3v) is 5.35. The van der Waals surface area contributed by atoms with E-state index in [9.17, 15) is 4.79 Å². The zero-order valence-electron chi connectivity index (χ0n) is 15.0. The van der Waals surface area contributed by atoms with E-state index in [1.54, 1.807) is 30.6 Å². The lowest BCUT2D eigenvalue weighted by atomic mass is 10.1. The van der Waals surface area contributed by atoms with Crippen LogP contribution in [-0.4, -0.2) is 18.0 Å². The summed E-state index contributed by atoms with van der Waals surface area (Å²) in [7, 11) is 1.56. The van der Waals surface area contributed by atoms with E-state index in [0.717, 1.165) is 21.8 Å². The lowest BCUT2D eigenvalue weighted by Gasteiger charge is -2.09. The predicted octanol–water partition coefficient (Wildman–Crippen LogP) is 5.53. The van der Waals surface area contributed by atoms with Gasteiger partial charge in [0.2, 0.25) is 0 Å². The van der Waals surface area contributed by atoms with Crippen LogP contribution in [0.4, 0.5) is 5.69 Å². The summed E-state index contributed by atoms with van der Waals surface area (Å²) in [5.74, 6) is 0.354. The highest BCUT2D eigenvalue weighted by molar-refractivity contribution is 7.21. The van der Waals surface area contributed by atoms with Crippen LogP contribution < -0.4 is 10.1 Å². The minimum atomic E-state index is -0.198. The van der Waals surface area contributed by atoms with E-state index in [1.165, 1.54) is 10.3 Å². The van der Waals surface area contributed by atoms with Crippen LogP contribution in [0.25, 0.3) is 20.8 Å². The van der Waals surface area contributed by atoms with Gasteiger partial charge in [0, 0.05) is 11.3 Å². The Kier molecular flexibility index (Phi) is 4.60. The number of ether oxygens (including phenoxy) is 1. The minimum absolute atomic E-state index is 0.198. The van der Waals surface area contributed by atoms with Crippen LogP contribution in [0.2, 0.25) is 0 Å². The normalized spacial score (nSPS) is 10.7. The fourth-order valence-electron chi connectivity index (χ4n) is 2.88. The molecule has 134 valence electrons. The Morgan fingerprint density at radius 2 is 1.81 bits per heavy atom. The highest BCUT2D eigenvalue weighted by atomic mass is 32.1. The number of thiazole rings is 1. The number of carbonyl (C=O) groups is 1. The fourth-order valence-corrected chi connectivity index (χ4v) is 3.95. The maximum Gasteiger partial charge on any atom is 0.259 e. The number of carbonyl (C=O) groups excluding carboxylic acids is 1. The Bertz CT molecular complexity index is 1120. The first-order valence-electron chi connectivity index (χ1n) is 8.56. The molecule has 0 saturated carbocycles. The second kappa shape index (κ2) is 7.21. The van der Waals surface area contributed by atoms with Crippen molar-refractivity contribution in [3.05, 3.63) is 77.9 Å². The Labute approximate surface area is 161 Å². The van der Waals surface area contributed by atoms with Crippen molar-refractivity contribution < 1.29 is 9.53 Å². The number of amides is 1. The van der Waals surface area contributed by atoms with E-state index in [2.05, 4.69) is 24.4 Å². The molecule has 0 atom stereocenters. The van der Waals surface area contributed by atoms with Gasteiger partial charge in [0.15, 0.2) is 0 Å². The molecule has 27 heavy (non-hydrogen) atoms. The van der Waals surface area contributed by atoms with Gasteiger partial charge in [0.05, 0.1) is 22.9 Å². The summed E-state index contributed by atoms with van der Waals surface area (Å²) >= 11 is 1.67. The zero-order chi connectivity index (χ0) is 18.8. The van der Waals surface area contributed by atoms with E-state index in [4.69, 9.17) is 9.72 Å². The van der Waals surface area contributed by atoms with Gasteiger partial charge >= 0.3 is 0 Å². The third kappa shape index (κ3) is 3.55. The van der Waals surface area contributed by atoms with Crippen molar-refractivity contribution in [3.8, 4) is 16.3 Å². The number of benzene rings is 3. The van der Waals surface area contributed by atoms with Gasteiger partial charge in [-0.15, -0.1) is 11.3 Å². The standard InChI is InChI=1S/C22H18N2O2S/c1-14-7-12-18-20(13-14)27-22(24-18)15-8-10-16(11-9-15)23-21(25)17-5-3-4-6-19(17)26-2/h3-13H,1-2H3,(H,23,25). The number of methoxy groups -OCH3 is 1. The molecule has 0 fully saturated rings. The van der Waals surface area contributed by atoms with Crippen molar-refractivity contribution in [2.24, 2.45) is 0 Å². The van der Waals surface area contributed by atoms with Gasteiger partial charge < -0.3 is 10.1 Å². The lowest BCUT2D eigenvalue weighted by Crippen LogP contribution is -2.12. The lowest BCUT2D eigenvalue weighted by molar-refractivity contribution is 0.102. The molecular weight excluding hydrogens is 356 g/mol. The van der Waals surface area contributed by atoms with Gasteiger partial charge in [-0.3, -0.25) is 4.79 Å². The molecule has 4 aromatic rings. The van der Waals surface area contributed by atoms with Crippen molar-refractivity contribution in [2.45, 2.75) is 6.92 Å². The molecular formula is C22H18N2O2S. The first-order valence-corrected chi connectivity index (χ1v) is 9.38. The molecule has 0 aliphatic carbocycles. The third-order valence-electron chi connectivity index (χ3n) is 4.29. The number of rotatable bonds is 4. The molecule has 0 spiro atoms. The molecule has 3 aromatic carbocycles. The number of aromatic nitrogens is 1. The van der Waals surface area contributed by atoms with Crippen LogP contribution in [0.15, 0.2) is 66.7 Å². The summed E-state index contributed by atoms with van der Waals surface area (Å²) in [5.41, 5.74) is 4.50. The topological polar surface area (TPSA) is 51.2 Å². The Morgan fingerprint density at radius 1 is 1.04 bits per heavy atom. The van der Waals surface area contributed by atoms with Gasteiger partial charge in [-0.05, 0) is 61.0 Å². The maximum atomic E-state index is 12.5. The molecule has 0 bridgehead atoms. The van der Waals surface area contributed by atoms with Crippen molar-refractivity contribution in [2.75, 3.05) is 12.4 Å². The Hall–Kier alpha value is -3.18. The number of nitrogens with one attached hydrogen (secondary N) is 1. The fraction of sp³-hybridized carbons (Fsp3) is 0.0909. The van der Waals surface area contributed by atoms with Gasteiger partial charge in [-0.25, -0.2) is 4.98 Å². The first kappa shape index (κ1) is 17.2. The SMILES string of the molecule is COc1ccccc1C(=O)Nc1ccc(-c2nc3ccc(C)cc3s2)cc1. The number of hydrogen-bond acceptors (Lipinski definition) is 4. The summed E-state index contributed by atoms with van der Waals surface area (Å²) < 4.78 is 6.43. The smallest absolute Gasteiger partial charge is 0.259 e. The average Bonchev–Trinajstić information content (AvgIpc) is 3.11. The number of hydrogen-bond donors (Lipinski definition) is 1. The molecule has 0 aliphatic heterocycles. The molecule has 4 nitrogen and oxygen atoms in total. The monoisotopic (exact) mass is 374 g/mol. The molecule has 1 N–H and O–H groups in total. The summed E-state index contributed by atoms with van der Waals surface area (Å²) in [6, 6.07) is 21.2. The molecule has 0 radical (unpaired) electrons. The van der Waals surface area contributed by atoms with E-state index >= 15 is 0 Å². The molecule has 0 aliphatic rings. The number of fused-ring (bicyclic) bond motifs is 1. The second-order valence-corrected chi connectivity index (χ2v) is 7.25. The number of nitrogens with zero attached hydrogens (tertiary/aromatic N) is 1. The van der Waals surface area contributed by atoms with Crippen LogP contribution in [0.5, 0.6) is 5.75 Å². The molecule has 1 aromatic heterocycles. The first-order chi connectivity index (χ1) is 13.1. The molecule has 1 amide bonds. The molecule has 0 saturated heterocycles. The van der Waals surface area contributed by atoms with Crippen LogP contribution >= 0.6 is 11.3 Å². The van der Waals surface area contributed by atoms with Gasteiger partial charge in [-0.1, -0.05) is 18.2 Å². The number of anilines is 1. The average molecular weight is 374 g/mol. The van der Waals surface area contributed by atoms with Gasteiger partial charge in [0.1, 0.15) is 10.8 Å². The molecule has 4 rings (SSSR count). The summed E-state index contributed by atoms with van der Waals surface area (Å²) in [5, 5.41) is 3.88. The second-order valence-electron chi connectivity index (χ2n) is 6.22. The zero-order valence-corrected chi connectivity index (χ0v) is 15.8. The van der Waals surface area contributed by atoms with Gasteiger partial charge in [0.25, 0.3) is 5.91 Å². The predicted molar refractivity (Wildman–Crippen MR) is 111 cm³/mol. The molecule has 1 heterocycles. The van der Waals surface area contributed by atoms with Crippen LogP contribution in [0.3, 0.4) is 0 Å². The van der Waals surface area contributed by atoms with E-state index in [0.29, 0.717) is 11.3 Å². The van der Waals surface area contributed by atoms with E-state index in [1.807, 2.05) is 42.5 Å². The van der Waals surface area contributed by atoms with Crippen molar-refractivity contribution in [1.29, 1.82) is 0 Å². The quantitative estimate of drug-likeness (QED) is 0.511. The maximum absolute atomic E-state index is 12.5. The van der Waals surface area contributed by atoms with Crippen LogP contribution in [-0.2, 0) is 0 Å². The van der Waals surface area contributed by atoms with E-state index < -0.39 is 0 Å². The summed E-state index contributed by atoms with van der Waals surface area (Å²) in [6.45, 7) is 2.08. The number of aryl methyl sites for hydroxylation is 1. The van der Waals surface area contributed by atoms with Crippen molar-refractivity contribution in [3.63, 3.8) is 0 Å². The highest BCUT2D eigenvalue weighted by Crippen LogP contribution is 2.31. The van der Waals surface area contributed by atoms with E-state index in [-0.39, 0.29) is 5.91 Å². The Morgan fingerprint density at radius 3 is 2.59 bits per heavy atom. The largest absolute Gasteiger partial charge is 0.496 e. The number of para-hydroxylation sites is 1. The van der Waals surface area contributed by atoms with Crippen LogP contribution in [0.1, 0.15) is 15.9 Å².